The van der Waals surface area contributed by atoms with Crippen LogP contribution in [0.15, 0.2) is 30.3 Å². The fourth-order valence-electron chi connectivity index (χ4n) is 3.51. The highest BCUT2D eigenvalue weighted by Gasteiger charge is 2.35. The van der Waals surface area contributed by atoms with Gasteiger partial charge in [-0.05, 0) is 18.4 Å². The van der Waals surface area contributed by atoms with Crippen molar-refractivity contribution in [2.75, 3.05) is 26.3 Å². The van der Waals surface area contributed by atoms with Gasteiger partial charge in [0.1, 0.15) is 0 Å². The smallest absolute Gasteiger partial charge is 0.0803 e. The molecule has 1 heterocycles. The molecule has 0 aromatic heterocycles. The fourth-order valence-corrected chi connectivity index (χ4v) is 3.86. The van der Waals surface area contributed by atoms with Gasteiger partial charge < -0.3 is 10.1 Å². The van der Waals surface area contributed by atoms with Crippen LogP contribution in [-0.4, -0.2) is 42.2 Å². The van der Waals surface area contributed by atoms with Crippen LogP contribution in [0.3, 0.4) is 0 Å². The van der Waals surface area contributed by atoms with E-state index in [4.69, 9.17) is 17.0 Å². The van der Waals surface area contributed by atoms with Crippen LogP contribution in [0.5, 0.6) is 0 Å². The van der Waals surface area contributed by atoms with Gasteiger partial charge in [0.2, 0.25) is 0 Å². The number of thiocarbonyl (C=S) groups is 1. The van der Waals surface area contributed by atoms with E-state index < -0.39 is 0 Å². The molecule has 21 heavy (non-hydrogen) atoms. The Morgan fingerprint density at radius 2 is 1.95 bits per heavy atom. The van der Waals surface area contributed by atoms with Crippen molar-refractivity contribution < 1.29 is 4.74 Å². The van der Waals surface area contributed by atoms with E-state index in [1.807, 2.05) is 6.07 Å². The van der Waals surface area contributed by atoms with Crippen LogP contribution in [0.2, 0.25) is 0 Å². The Morgan fingerprint density at radius 3 is 2.71 bits per heavy atom. The lowest BCUT2D eigenvalue weighted by molar-refractivity contribution is 0.0135. The molecule has 2 atom stereocenters. The first-order valence-corrected chi connectivity index (χ1v) is 8.39. The van der Waals surface area contributed by atoms with E-state index in [9.17, 15) is 0 Å². The zero-order valence-corrected chi connectivity index (χ0v) is 13.3. The van der Waals surface area contributed by atoms with Crippen molar-refractivity contribution >= 4 is 17.2 Å². The third-order valence-corrected chi connectivity index (χ3v) is 5.09. The van der Waals surface area contributed by atoms with E-state index >= 15 is 0 Å². The van der Waals surface area contributed by atoms with Crippen molar-refractivity contribution in [2.24, 2.45) is 5.92 Å². The van der Waals surface area contributed by atoms with E-state index in [-0.39, 0.29) is 0 Å². The zero-order chi connectivity index (χ0) is 14.5. The van der Waals surface area contributed by atoms with Gasteiger partial charge in [-0.1, -0.05) is 49.0 Å². The minimum absolute atomic E-state index is 0.516. The maximum absolute atomic E-state index is 5.69. The quantitative estimate of drug-likeness (QED) is 0.864. The van der Waals surface area contributed by atoms with Crippen LogP contribution in [0.1, 0.15) is 24.8 Å². The van der Waals surface area contributed by atoms with Crippen molar-refractivity contribution in [3.8, 4) is 0 Å². The van der Waals surface area contributed by atoms with Crippen LogP contribution in [0.4, 0.5) is 0 Å². The van der Waals surface area contributed by atoms with Crippen molar-refractivity contribution in [3.63, 3.8) is 0 Å². The van der Waals surface area contributed by atoms with E-state index in [0.717, 1.165) is 37.8 Å². The Kier molecular flexibility index (Phi) is 5.22. The molecule has 1 N–H and O–H groups in total. The molecule has 0 spiro atoms. The number of morpholine rings is 1. The van der Waals surface area contributed by atoms with Gasteiger partial charge in [-0.25, -0.2) is 0 Å². The van der Waals surface area contributed by atoms with Gasteiger partial charge in [-0.15, -0.1) is 0 Å². The van der Waals surface area contributed by atoms with Gasteiger partial charge in [-0.2, -0.15) is 0 Å². The molecule has 0 unspecified atom stereocenters. The predicted molar refractivity (Wildman–Crippen MR) is 89.4 cm³/mol. The van der Waals surface area contributed by atoms with E-state index in [1.165, 1.54) is 24.8 Å². The summed E-state index contributed by atoms with van der Waals surface area (Å²) in [5.74, 6) is 0.516. The van der Waals surface area contributed by atoms with Crippen LogP contribution in [0.25, 0.3) is 0 Å². The molecule has 1 saturated heterocycles. The van der Waals surface area contributed by atoms with E-state index in [1.54, 1.807) is 0 Å². The molecular weight excluding hydrogens is 280 g/mol. The van der Waals surface area contributed by atoms with Crippen LogP contribution in [-0.2, 0) is 11.3 Å². The lowest BCUT2D eigenvalue weighted by Crippen LogP contribution is -2.48. The second-order valence-electron chi connectivity index (χ2n) is 5.96. The highest BCUT2D eigenvalue weighted by molar-refractivity contribution is 7.80. The van der Waals surface area contributed by atoms with Crippen LogP contribution < -0.4 is 5.32 Å². The molecule has 2 fully saturated rings. The van der Waals surface area contributed by atoms with Crippen molar-refractivity contribution in [1.82, 2.24) is 10.2 Å². The number of hydrogen-bond acceptors (Lipinski definition) is 3. The highest BCUT2D eigenvalue weighted by atomic mass is 32.1. The standard InChI is InChI=1S/C17H24N2OS/c21-17(18-13-14-5-2-1-3-6-14)15-7-4-8-16(15)19-9-11-20-12-10-19/h1-3,5-6,15-16H,4,7-13H2,(H,18,21)/t15-,16-/m1/s1. The highest BCUT2D eigenvalue weighted by Crippen LogP contribution is 2.31. The number of nitrogens with one attached hydrogen (secondary N) is 1. The van der Waals surface area contributed by atoms with Crippen molar-refractivity contribution in [2.45, 2.75) is 31.8 Å². The largest absolute Gasteiger partial charge is 0.379 e. The SMILES string of the molecule is S=C(NCc1ccccc1)[C@@H]1CCC[C@H]1N1CCOCC1. The number of ether oxygens (including phenoxy) is 1. The summed E-state index contributed by atoms with van der Waals surface area (Å²) in [6.07, 6.45) is 3.79. The van der Waals surface area contributed by atoms with Crippen molar-refractivity contribution in [1.29, 1.82) is 0 Å². The van der Waals surface area contributed by atoms with Crippen LogP contribution in [0, 0.1) is 5.92 Å². The summed E-state index contributed by atoms with van der Waals surface area (Å²) in [5, 5.41) is 3.48. The van der Waals surface area contributed by atoms with Gasteiger partial charge >= 0.3 is 0 Å². The number of nitrogens with zero attached hydrogens (tertiary/aromatic N) is 1. The molecule has 0 bridgehead atoms. The van der Waals surface area contributed by atoms with Gasteiger partial charge in [-0.3, -0.25) is 4.90 Å². The Labute approximate surface area is 132 Å². The number of benzene rings is 1. The summed E-state index contributed by atoms with van der Waals surface area (Å²) in [4.78, 5) is 3.63. The van der Waals surface area contributed by atoms with Crippen molar-refractivity contribution in [3.05, 3.63) is 35.9 Å². The Bertz CT molecular complexity index is 459. The average Bonchev–Trinajstić information content (AvgIpc) is 3.04. The molecule has 1 saturated carbocycles. The monoisotopic (exact) mass is 304 g/mol. The first-order chi connectivity index (χ1) is 10.3. The summed E-state index contributed by atoms with van der Waals surface area (Å²) in [5.41, 5.74) is 1.29. The predicted octanol–water partition coefficient (Wildman–Crippen LogP) is 2.60. The average molecular weight is 304 g/mol. The Morgan fingerprint density at radius 1 is 1.19 bits per heavy atom. The third kappa shape index (κ3) is 3.82. The minimum Gasteiger partial charge on any atom is -0.379 e. The summed E-state index contributed by atoms with van der Waals surface area (Å²) >= 11 is 5.69. The summed E-state index contributed by atoms with van der Waals surface area (Å²) in [7, 11) is 0. The number of rotatable bonds is 4. The molecule has 1 aliphatic heterocycles. The van der Waals surface area contributed by atoms with Crippen LogP contribution >= 0.6 is 12.2 Å². The van der Waals surface area contributed by atoms with Gasteiger partial charge in [0, 0.05) is 31.6 Å². The molecule has 114 valence electrons. The molecule has 0 amide bonds. The molecular formula is C17H24N2OS. The first kappa shape index (κ1) is 14.9. The summed E-state index contributed by atoms with van der Waals surface area (Å²) < 4.78 is 5.47. The maximum atomic E-state index is 5.69. The van der Waals surface area contributed by atoms with Gasteiger partial charge in [0.05, 0.1) is 18.2 Å². The lowest BCUT2D eigenvalue weighted by atomic mass is 10.0. The molecule has 1 aliphatic carbocycles. The summed E-state index contributed by atoms with van der Waals surface area (Å²) in [6, 6.07) is 11.1. The fraction of sp³-hybridized carbons (Fsp3) is 0.588. The molecule has 3 rings (SSSR count). The topological polar surface area (TPSA) is 24.5 Å². The van der Waals surface area contributed by atoms with E-state index in [2.05, 4.69) is 34.5 Å². The Hall–Kier alpha value is -0.970. The zero-order valence-electron chi connectivity index (χ0n) is 12.5. The molecule has 1 aromatic carbocycles. The molecule has 3 nitrogen and oxygen atoms in total. The first-order valence-electron chi connectivity index (χ1n) is 7.98. The third-order valence-electron chi connectivity index (χ3n) is 4.64. The minimum atomic E-state index is 0.516. The number of hydrogen-bond donors (Lipinski definition) is 1. The summed E-state index contributed by atoms with van der Waals surface area (Å²) in [6.45, 7) is 4.69. The van der Waals surface area contributed by atoms with Gasteiger partial charge in [0.25, 0.3) is 0 Å². The maximum Gasteiger partial charge on any atom is 0.0803 e. The molecule has 1 aromatic rings. The molecule has 4 heteroatoms. The van der Waals surface area contributed by atoms with E-state index in [0.29, 0.717) is 12.0 Å². The second kappa shape index (κ2) is 7.34. The molecule has 0 radical (unpaired) electrons. The Balaban J connectivity index is 1.55. The second-order valence-corrected chi connectivity index (χ2v) is 6.40. The molecule has 2 aliphatic rings. The lowest BCUT2D eigenvalue weighted by Gasteiger charge is -2.36. The normalized spacial score (nSPS) is 26.7. The van der Waals surface area contributed by atoms with Gasteiger partial charge in [0.15, 0.2) is 0 Å².